The van der Waals surface area contributed by atoms with Crippen molar-refractivity contribution in [2.75, 3.05) is 30.7 Å². The van der Waals surface area contributed by atoms with Crippen molar-refractivity contribution < 1.29 is 31.2 Å². The van der Waals surface area contributed by atoms with E-state index in [-0.39, 0.29) is 18.5 Å². The molecule has 1 saturated heterocycles. The van der Waals surface area contributed by atoms with Gasteiger partial charge in [0, 0.05) is 42.5 Å². The Labute approximate surface area is 271 Å². The minimum absolute atomic E-state index is 0.0641. The maximum absolute atomic E-state index is 14.5. The van der Waals surface area contributed by atoms with Gasteiger partial charge >= 0.3 is 6.18 Å². The summed E-state index contributed by atoms with van der Waals surface area (Å²) in [5.74, 6) is -1.14. The van der Waals surface area contributed by atoms with Crippen LogP contribution in [0.5, 0.6) is 0 Å². The zero-order chi connectivity index (χ0) is 33.6. The van der Waals surface area contributed by atoms with E-state index in [2.05, 4.69) is 15.6 Å². The lowest BCUT2D eigenvalue weighted by Gasteiger charge is -2.41. The molecule has 2 amide bonds. The van der Waals surface area contributed by atoms with Crippen LogP contribution in [0.25, 0.3) is 10.9 Å². The molecule has 3 heterocycles. The third-order valence-corrected chi connectivity index (χ3v) is 10.4. The molecule has 2 aliphatic rings. The van der Waals surface area contributed by atoms with Crippen LogP contribution in [0.4, 0.5) is 18.9 Å². The highest BCUT2D eigenvalue weighted by atomic mass is 32.2. The summed E-state index contributed by atoms with van der Waals surface area (Å²) in [5, 5.41) is 7.07. The number of benzene rings is 3. The van der Waals surface area contributed by atoms with E-state index in [1.54, 1.807) is 18.3 Å². The third-order valence-electron chi connectivity index (χ3n) is 9.30. The predicted octanol–water partition coefficient (Wildman–Crippen LogP) is 4.34. The first-order valence-corrected chi connectivity index (χ1v) is 17.2. The first-order valence-electron chi connectivity index (χ1n) is 15.4. The normalized spacial score (nSPS) is 18.2. The van der Waals surface area contributed by atoms with E-state index in [4.69, 9.17) is 0 Å². The Morgan fingerprint density at radius 2 is 1.74 bits per heavy atom. The highest BCUT2D eigenvalue weighted by molar-refractivity contribution is 7.92. The number of aromatic nitrogens is 1. The van der Waals surface area contributed by atoms with Crippen molar-refractivity contribution in [1.82, 2.24) is 20.5 Å². The van der Waals surface area contributed by atoms with Crippen LogP contribution in [0.3, 0.4) is 0 Å². The van der Waals surface area contributed by atoms with Gasteiger partial charge in [-0.1, -0.05) is 48.5 Å². The second-order valence-electron chi connectivity index (χ2n) is 12.4. The number of anilines is 1. The smallest absolute Gasteiger partial charge is 0.361 e. The number of carbonyl (C=O) groups is 2. The van der Waals surface area contributed by atoms with Gasteiger partial charge in [-0.05, 0) is 66.9 Å². The second-order valence-corrected chi connectivity index (χ2v) is 14.3. The number of alkyl halides is 3. The van der Waals surface area contributed by atoms with Gasteiger partial charge in [0.2, 0.25) is 21.8 Å². The van der Waals surface area contributed by atoms with E-state index in [1.807, 2.05) is 36.4 Å². The minimum Gasteiger partial charge on any atom is -0.361 e. The van der Waals surface area contributed by atoms with Crippen LogP contribution >= 0.6 is 0 Å². The molecule has 0 bridgehead atoms. The Balaban J connectivity index is 1.36. The lowest BCUT2D eigenvalue weighted by molar-refractivity contribution is -0.137. The molecule has 6 rings (SSSR count). The first kappa shape index (κ1) is 32.6. The lowest BCUT2D eigenvalue weighted by Crippen LogP contribution is -2.61. The van der Waals surface area contributed by atoms with Crippen LogP contribution in [-0.2, 0) is 44.2 Å². The monoisotopic (exact) mass is 667 g/mol. The largest absolute Gasteiger partial charge is 0.416 e. The fourth-order valence-electron chi connectivity index (χ4n) is 7.18. The predicted molar refractivity (Wildman–Crippen MR) is 173 cm³/mol. The molecule has 1 aromatic heterocycles. The number of nitrogens with one attached hydrogen (secondary N) is 3. The second kappa shape index (κ2) is 12.3. The quantitative estimate of drug-likeness (QED) is 0.259. The van der Waals surface area contributed by atoms with E-state index < -0.39 is 51.1 Å². The van der Waals surface area contributed by atoms with Crippen LogP contribution in [0, 0.1) is 0 Å². The van der Waals surface area contributed by atoms with Gasteiger partial charge in [-0.15, -0.1) is 0 Å². The van der Waals surface area contributed by atoms with E-state index in [1.165, 1.54) is 28.4 Å². The number of amides is 2. The number of hydrogen-bond acceptors (Lipinski definition) is 5. The molecule has 3 N–H and O–H groups in total. The fraction of sp³-hybridized carbons (Fsp3) is 0.353. The molecular weight excluding hydrogens is 631 g/mol. The summed E-state index contributed by atoms with van der Waals surface area (Å²) in [6.45, 7) is 1.02. The zero-order valence-electron chi connectivity index (χ0n) is 26.0. The van der Waals surface area contributed by atoms with Crippen molar-refractivity contribution in [3.63, 3.8) is 0 Å². The summed E-state index contributed by atoms with van der Waals surface area (Å²) in [7, 11) is -2.46. The molecule has 1 unspecified atom stereocenters. The highest BCUT2D eigenvalue weighted by Gasteiger charge is 2.57. The first-order chi connectivity index (χ1) is 22.3. The summed E-state index contributed by atoms with van der Waals surface area (Å²) in [4.78, 5) is 33.2. The number of hydrogen-bond donors (Lipinski definition) is 3. The fourth-order valence-corrected chi connectivity index (χ4v) is 8.37. The summed E-state index contributed by atoms with van der Waals surface area (Å²) in [5.41, 5.74) is 1.42. The Kier molecular flexibility index (Phi) is 8.56. The van der Waals surface area contributed by atoms with Crippen LogP contribution in [-0.4, -0.2) is 68.6 Å². The van der Waals surface area contributed by atoms with E-state index >= 15 is 0 Å². The van der Waals surface area contributed by atoms with Gasteiger partial charge in [-0.2, -0.15) is 13.2 Å². The number of fused-ring (bicyclic) bond motifs is 3. The SMILES string of the molecule is CN(Cc1cccc(C(F)(F)F)c1)C(=O)[C@H](Cc1c[nH]c2ccccc12)NC(=O)C1N(S(C)(=O)=O)c2ccccc2C12CCNCC2. The molecule has 13 heteroatoms. The van der Waals surface area contributed by atoms with Gasteiger partial charge in [0.25, 0.3) is 0 Å². The van der Waals surface area contributed by atoms with E-state index in [9.17, 15) is 31.2 Å². The molecule has 0 aliphatic carbocycles. The molecule has 248 valence electrons. The van der Waals surface area contributed by atoms with Crippen LogP contribution in [0.1, 0.15) is 35.1 Å². The van der Waals surface area contributed by atoms with Crippen molar-refractivity contribution in [3.8, 4) is 0 Å². The van der Waals surface area contributed by atoms with E-state index in [0.717, 1.165) is 40.4 Å². The average Bonchev–Trinajstić information content (AvgIpc) is 3.57. The Hall–Kier alpha value is -4.36. The molecule has 2 aliphatic heterocycles. The van der Waals surface area contributed by atoms with Gasteiger partial charge < -0.3 is 20.5 Å². The molecular formula is C34H36F3N5O4S. The van der Waals surface area contributed by atoms with Gasteiger partial charge in [0.05, 0.1) is 17.5 Å². The van der Waals surface area contributed by atoms with Gasteiger partial charge in [0.1, 0.15) is 12.1 Å². The summed E-state index contributed by atoms with van der Waals surface area (Å²) in [6, 6.07) is 17.1. The minimum atomic E-state index is -4.54. The van der Waals surface area contributed by atoms with Gasteiger partial charge in [-0.25, -0.2) is 8.42 Å². The number of piperidine rings is 1. The van der Waals surface area contributed by atoms with Crippen LogP contribution in [0.2, 0.25) is 0 Å². The molecule has 0 radical (unpaired) electrons. The van der Waals surface area contributed by atoms with Crippen molar-refractivity contribution in [3.05, 3.63) is 101 Å². The zero-order valence-corrected chi connectivity index (χ0v) is 26.8. The molecule has 3 aromatic carbocycles. The standard InChI is InChI=1S/C34H36F3N5O4S/c1-41(21-22-8-7-9-24(18-22)34(35,36)37)32(44)28(19-23-20-39-27-12-5-3-10-25(23)27)40-31(43)30-33(14-16-38-17-15-33)26-11-4-6-13-29(26)42(30)47(2,45)46/h3-13,18,20,28,30,38-39H,14-17,19,21H2,1-2H3,(H,40,43)/t28-,30?/m0/s1. The highest BCUT2D eigenvalue weighted by Crippen LogP contribution is 2.51. The molecule has 0 saturated carbocycles. The van der Waals surface area contributed by atoms with Crippen LogP contribution in [0.15, 0.2) is 79.0 Å². The topological polar surface area (TPSA) is 115 Å². The summed E-state index contributed by atoms with van der Waals surface area (Å²) >= 11 is 0. The molecule has 4 aromatic rings. The number of sulfonamides is 1. The number of carbonyl (C=O) groups excluding carboxylic acids is 2. The number of nitrogens with zero attached hydrogens (tertiary/aromatic N) is 2. The van der Waals surface area contributed by atoms with Crippen molar-refractivity contribution in [2.24, 2.45) is 0 Å². The Bertz CT molecular complexity index is 1920. The third kappa shape index (κ3) is 6.21. The van der Waals surface area contributed by atoms with Gasteiger partial charge in [-0.3, -0.25) is 13.9 Å². The number of likely N-dealkylation sites (N-methyl/N-ethyl adjacent to an activating group) is 1. The molecule has 47 heavy (non-hydrogen) atoms. The Morgan fingerprint density at radius 1 is 1.04 bits per heavy atom. The molecule has 1 fully saturated rings. The summed E-state index contributed by atoms with van der Waals surface area (Å²) in [6.07, 6.45) is -0.642. The molecule has 9 nitrogen and oxygen atoms in total. The van der Waals surface area contributed by atoms with Crippen molar-refractivity contribution >= 4 is 38.4 Å². The molecule has 2 atom stereocenters. The molecule has 1 spiro atoms. The number of para-hydroxylation sites is 2. The number of aromatic amines is 1. The summed E-state index contributed by atoms with van der Waals surface area (Å²) < 4.78 is 68.1. The van der Waals surface area contributed by atoms with Crippen molar-refractivity contribution in [1.29, 1.82) is 0 Å². The Morgan fingerprint density at radius 3 is 2.47 bits per heavy atom. The van der Waals surface area contributed by atoms with Crippen LogP contribution < -0.4 is 14.9 Å². The van der Waals surface area contributed by atoms with Crippen molar-refractivity contribution in [2.45, 2.75) is 49.5 Å². The average molecular weight is 668 g/mol. The maximum atomic E-state index is 14.5. The van der Waals surface area contributed by atoms with E-state index in [0.29, 0.717) is 31.6 Å². The number of H-pyrrole nitrogens is 1. The number of halogens is 3. The van der Waals surface area contributed by atoms with Gasteiger partial charge in [0.15, 0.2) is 0 Å². The maximum Gasteiger partial charge on any atom is 0.416 e. The number of rotatable bonds is 8. The lowest BCUT2D eigenvalue weighted by atomic mass is 9.69.